The number of carbonyl (C=O) groups is 2. The standard InChI is InChI=1S/C11H9NO5/c13-7-5-11(6-7,10(14)15)8-3-1-2-4-9(8)12(16)17/h1-4H,5-6H2,(H,14,15). The number of carboxylic acid groups (broad SMARTS) is 1. The number of hydrogen-bond acceptors (Lipinski definition) is 4. The molecule has 1 aliphatic carbocycles. The number of carboxylic acids is 1. The minimum absolute atomic E-state index is 0.108. The highest BCUT2D eigenvalue weighted by Crippen LogP contribution is 2.45. The molecule has 1 aliphatic rings. The van der Waals surface area contributed by atoms with Crippen LogP contribution in [-0.2, 0) is 15.0 Å². The van der Waals surface area contributed by atoms with Crippen LogP contribution in [0.3, 0.4) is 0 Å². The fraction of sp³-hybridized carbons (Fsp3) is 0.273. The van der Waals surface area contributed by atoms with Crippen molar-refractivity contribution in [3.05, 3.63) is 39.9 Å². The Bertz CT molecular complexity index is 514. The highest BCUT2D eigenvalue weighted by atomic mass is 16.6. The van der Waals surface area contributed by atoms with Gasteiger partial charge < -0.3 is 5.11 Å². The number of benzene rings is 1. The number of aliphatic carboxylic acids is 1. The summed E-state index contributed by atoms with van der Waals surface area (Å²) in [5.74, 6) is -1.38. The predicted molar refractivity (Wildman–Crippen MR) is 56.7 cm³/mol. The number of hydrogen-bond donors (Lipinski definition) is 1. The van der Waals surface area contributed by atoms with Gasteiger partial charge in [0.15, 0.2) is 0 Å². The molecule has 0 amide bonds. The van der Waals surface area contributed by atoms with Gasteiger partial charge in [-0.25, -0.2) is 0 Å². The number of nitrogens with zero attached hydrogens (tertiary/aromatic N) is 1. The van der Waals surface area contributed by atoms with Crippen LogP contribution in [-0.4, -0.2) is 21.8 Å². The average molecular weight is 235 g/mol. The fourth-order valence-electron chi connectivity index (χ4n) is 2.12. The summed E-state index contributed by atoms with van der Waals surface area (Å²) in [6, 6.07) is 5.66. The van der Waals surface area contributed by atoms with Crippen molar-refractivity contribution in [2.24, 2.45) is 0 Å². The molecule has 0 bridgehead atoms. The lowest BCUT2D eigenvalue weighted by molar-refractivity contribution is -0.386. The van der Waals surface area contributed by atoms with E-state index < -0.39 is 16.3 Å². The Balaban J connectivity index is 2.56. The van der Waals surface area contributed by atoms with E-state index in [4.69, 9.17) is 0 Å². The molecule has 6 heteroatoms. The summed E-state index contributed by atoms with van der Waals surface area (Å²) in [5, 5.41) is 20.0. The molecule has 0 aromatic heterocycles. The van der Waals surface area contributed by atoms with Crippen LogP contribution in [0.5, 0.6) is 0 Å². The first-order valence-electron chi connectivity index (χ1n) is 4.96. The number of nitro groups is 1. The zero-order valence-corrected chi connectivity index (χ0v) is 8.75. The Kier molecular flexibility index (Phi) is 2.42. The van der Waals surface area contributed by atoms with Gasteiger partial charge in [0.2, 0.25) is 0 Å². The van der Waals surface area contributed by atoms with Gasteiger partial charge in [0.05, 0.1) is 4.92 Å². The SMILES string of the molecule is O=C1CC(C(=O)O)(c2ccccc2[N+](=O)[O-])C1. The molecule has 0 spiro atoms. The van der Waals surface area contributed by atoms with Gasteiger partial charge in [-0.15, -0.1) is 0 Å². The van der Waals surface area contributed by atoms with Crippen LogP contribution >= 0.6 is 0 Å². The van der Waals surface area contributed by atoms with E-state index in [9.17, 15) is 24.8 Å². The highest BCUT2D eigenvalue weighted by molar-refractivity contribution is 6.02. The molecule has 1 aromatic carbocycles. The van der Waals surface area contributed by atoms with Crippen molar-refractivity contribution in [3.8, 4) is 0 Å². The largest absolute Gasteiger partial charge is 0.481 e. The maximum atomic E-state index is 11.2. The molecular weight excluding hydrogens is 226 g/mol. The van der Waals surface area contributed by atoms with E-state index in [-0.39, 0.29) is 29.9 Å². The Labute approximate surface area is 96.0 Å². The van der Waals surface area contributed by atoms with Gasteiger partial charge in [-0.1, -0.05) is 18.2 Å². The first kappa shape index (κ1) is 11.3. The summed E-state index contributed by atoms with van der Waals surface area (Å²) < 4.78 is 0. The van der Waals surface area contributed by atoms with Crippen LogP contribution in [0.25, 0.3) is 0 Å². The second kappa shape index (κ2) is 3.65. The molecule has 17 heavy (non-hydrogen) atoms. The van der Waals surface area contributed by atoms with Gasteiger partial charge in [0, 0.05) is 24.5 Å². The Hall–Kier alpha value is -2.24. The van der Waals surface area contributed by atoms with E-state index in [0.29, 0.717) is 0 Å². The smallest absolute Gasteiger partial charge is 0.315 e. The van der Waals surface area contributed by atoms with Gasteiger partial charge in [0.1, 0.15) is 11.2 Å². The predicted octanol–water partition coefficient (Wildman–Crippen LogP) is 1.28. The molecule has 1 fully saturated rings. The Morgan fingerprint density at radius 1 is 1.35 bits per heavy atom. The van der Waals surface area contributed by atoms with E-state index in [2.05, 4.69) is 0 Å². The van der Waals surface area contributed by atoms with Crippen LogP contribution in [0.1, 0.15) is 18.4 Å². The van der Waals surface area contributed by atoms with Crippen LogP contribution in [0.4, 0.5) is 5.69 Å². The Morgan fingerprint density at radius 3 is 2.41 bits per heavy atom. The molecule has 0 heterocycles. The quantitative estimate of drug-likeness (QED) is 0.628. The minimum Gasteiger partial charge on any atom is -0.481 e. The maximum Gasteiger partial charge on any atom is 0.315 e. The lowest BCUT2D eigenvalue weighted by Crippen LogP contribution is -2.48. The third-order valence-corrected chi connectivity index (χ3v) is 3.02. The molecule has 0 saturated heterocycles. The summed E-state index contributed by atoms with van der Waals surface area (Å²) in [6.45, 7) is 0. The molecule has 2 rings (SSSR count). The summed E-state index contributed by atoms with van der Waals surface area (Å²) >= 11 is 0. The van der Waals surface area contributed by atoms with E-state index in [1.807, 2.05) is 0 Å². The monoisotopic (exact) mass is 235 g/mol. The normalized spacial score (nSPS) is 17.3. The summed E-state index contributed by atoms with van der Waals surface area (Å²) in [7, 11) is 0. The highest BCUT2D eigenvalue weighted by Gasteiger charge is 2.54. The summed E-state index contributed by atoms with van der Waals surface area (Å²) in [5.41, 5.74) is -1.56. The second-order valence-electron chi connectivity index (χ2n) is 4.05. The number of carbonyl (C=O) groups excluding carboxylic acids is 1. The minimum atomic E-state index is -1.42. The molecule has 0 unspecified atom stereocenters. The van der Waals surface area contributed by atoms with Crippen molar-refractivity contribution >= 4 is 17.4 Å². The van der Waals surface area contributed by atoms with Crippen LogP contribution in [0.15, 0.2) is 24.3 Å². The lowest BCUT2D eigenvalue weighted by Gasteiger charge is -2.35. The van der Waals surface area contributed by atoms with Crippen LogP contribution in [0, 0.1) is 10.1 Å². The fourth-order valence-corrected chi connectivity index (χ4v) is 2.12. The van der Waals surface area contributed by atoms with Crippen LogP contribution in [0.2, 0.25) is 0 Å². The number of ketones is 1. The number of nitro benzene ring substituents is 1. The van der Waals surface area contributed by atoms with Gasteiger partial charge in [-0.05, 0) is 0 Å². The van der Waals surface area contributed by atoms with E-state index in [1.54, 1.807) is 0 Å². The van der Waals surface area contributed by atoms with Crippen LogP contribution < -0.4 is 0 Å². The van der Waals surface area contributed by atoms with Crippen molar-refractivity contribution < 1.29 is 19.6 Å². The lowest BCUT2D eigenvalue weighted by atomic mass is 9.63. The van der Waals surface area contributed by atoms with Gasteiger partial charge in [-0.3, -0.25) is 19.7 Å². The first-order valence-corrected chi connectivity index (χ1v) is 4.96. The van der Waals surface area contributed by atoms with E-state index in [0.717, 1.165) is 0 Å². The zero-order valence-electron chi connectivity index (χ0n) is 8.75. The zero-order chi connectivity index (χ0) is 12.6. The number of Topliss-reactive ketones (excluding diaryl/α,β-unsaturated/α-hetero) is 1. The van der Waals surface area contributed by atoms with E-state index in [1.165, 1.54) is 24.3 Å². The number of para-hydroxylation sites is 1. The molecule has 0 atom stereocenters. The molecule has 88 valence electrons. The Morgan fingerprint density at radius 2 is 1.94 bits per heavy atom. The van der Waals surface area contributed by atoms with Crippen molar-refractivity contribution in [3.63, 3.8) is 0 Å². The van der Waals surface area contributed by atoms with Gasteiger partial charge >= 0.3 is 5.97 Å². The molecule has 1 aromatic rings. The number of rotatable bonds is 3. The third-order valence-electron chi connectivity index (χ3n) is 3.02. The van der Waals surface area contributed by atoms with Crippen molar-refractivity contribution in [2.75, 3.05) is 0 Å². The molecular formula is C11H9NO5. The van der Waals surface area contributed by atoms with Gasteiger partial charge in [0.25, 0.3) is 5.69 Å². The second-order valence-corrected chi connectivity index (χ2v) is 4.05. The van der Waals surface area contributed by atoms with Crippen molar-refractivity contribution in [1.82, 2.24) is 0 Å². The average Bonchev–Trinajstić information content (AvgIpc) is 2.24. The first-order chi connectivity index (χ1) is 7.97. The van der Waals surface area contributed by atoms with Crippen molar-refractivity contribution in [1.29, 1.82) is 0 Å². The van der Waals surface area contributed by atoms with Crippen molar-refractivity contribution in [2.45, 2.75) is 18.3 Å². The molecule has 1 N–H and O–H groups in total. The topological polar surface area (TPSA) is 97.5 Å². The van der Waals surface area contributed by atoms with Gasteiger partial charge in [-0.2, -0.15) is 0 Å². The summed E-state index contributed by atoms with van der Waals surface area (Å²) in [6.07, 6.45) is -0.347. The molecule has 6 nitrogen and oxygen atoms in total. The molecule has 0 aliphatic heterocycles. The molecule has 0 radical (unpaired) electrons. The maximum absolute atomic E-state index is 11.2. The summed E-state index contributed by atoms with van der Waals surface area (Å²) in [4.78, 5) is 32.5. The third kappa shape index (κ3) is 1.57. The molecule has 1 saturated carbocycles. The van der Waals surface area contributed by atoms with E-state index >= 15 is 0 Å².